The highest BCUT2D eigenvalue weighted by atomic mass is 19.1. The molecule has 3 heteroatoms. The van der Waals surface area contributed by atoms with Crippen molar-refractivity contribution >= 4 is 0 Å². The second-order valence-corrected chi connectivity index (χ2v) is 6.16. The first-order valence-electron chi connectivity index (χ1n) is 6.96. The van der Waals surface area contributed by atoms with Crippen LogP contribution in [0.1, 0.15) is 46.1 Å². The fraction of sp³-hybridized carbons (Fsp3) is 0.625. The number of ether oxygens (including phenoxy) is 1. The molecule has 0 aliphatic carbocycles. The van der Waals surface area contributed by atoms with E-state index in [2.05, 4.69) is 33.0 Å². The molecule has 0 fully saturated rings. The minimum atomic E-state index is -0.216. The first-order chi connectivity index (χ1) is 8.78. The van der Waals surface area contributed by atoms with Crippen molar-refractivity contribution in [2.24, 2.45) is 0 Å². The Balaban J connectivity index is 2.33. The first kappa shape index (κ1) is 16.0. The highest BCUT2D eigenvalue weighted by Crippen LogP contribution is 2.20. The largest absolute Gasteiger partial charge is 0.490 e. The van der Waals surface area contributed by atoms with Crippen LogP contribution in [-0.4, -0.2) is 18.2 Å². The molecule has 1 rings (SSSR count). The fourth-order valence-electron chi connectivity index (χ4n) is 1.87. The summed E-state index contributed by atoms with van der Waals surface area (Å²) in [5.41, 5.74) is 1.01. The molecule has 0 spiro atoms. The number of hydrogen-bond acceptors (Lipinski definition) is 2. The third-order valence-corrected chi connectivity index (χ3v) is 2.91. The Morgan fingerprint density at radius 3 is 2.58 bits per heavy atom. The lowest BCUT2D eigenvalue weighted by Crippen LogP contribution is -2.36. The van der Waals surface area contributed by atoms with Gasteiger partial charge in [0.05, 0.1) is 6.10 Å². The van der Waals surface area contributed by atoms with Crippen molar-refractivity contribution < 1.29 is 9.13 Å². The summed E-state index contributed by atoms with van der Waals surface area (Å²) >= 11 is 0. The zero-order valence-electron chi connectivity index (χ0n) is 12.7. The van der Waals surface area contributed by atoms with Gasteiger partial charge < -0.3 is 10.1 Å². The Bertz CT molecular complexity index is 398. The van der Waals surface area contributed by atoms with Gasteiger partial charge in [0.2, 0.25) is 0 Å². The van der Waals surface area contributed by atoms with Gasteiger partial charge in [0.1, 0.15) is 11.6 Å². The highest BCUT2D eigenvalue weighted by Gasteiger charge is 2.10. The Labute approximate surface area is 116 Å². The maximum atomic E-state index is 13.0. The van der Waals surface area contributed by atoms with Crippen LogP contribution in [0.15, 0.2) is 18.2 Å². The standard InChI is InChI=1S/C16H26FNO/c1-12-11-14(17)8-9-15(12)19-13(2)7-6-10-18-16(3,4)5/h8-9,11,13,18H,6-7,10H2,1-5H3. The molecule has 108 valence electrons. The van der Waals surface area contributed by atoms with E-state index in [0.29, 0.717) is 0 Å². The Morgan fingerprint density at radius 1 is 1.32 bits per heavy atom. The molecule has 0 heterocycles. The van der Waals surface area contributed by atoms with Crippen LogP contribution in [0.3, 0.4) is 0 Å². The highest BCUT2D eigenvalue weighted by molar-refractivity contribution is 5.32. The molecule has 1 N–H and O–H groups in total. The molecule has 1 atom stereocenters. The number of halogens is 1. The van der Waals surface area contributed by atoms with Gasteiger partial charge in [-0.05, 0) is 77.8 Å². The lowest BCUT2D eigenvalue weighted by atomic mass is 10.1. The van der Waals surface area contributed by atoms with E-state index in [-0.39, 0.29) is 17.5 Å². The summed E-state index contributed by atoms with van der Waals surface area (Å²) < 4.78 is 18.8. The molecule has 0 aliphatic rings. The van der Waals surface area contributed by atoms with E-state index in [4.69, 9.17) is 4.74 Å². The summed E-state index contributed by atoms with van der Waals surface area (Å²) in [7, 11) is 0. The van der Waals surface area contributed by atoms with Crippen LogP contribution in [0.25, 0.3) is 0 Å². The molecule has 0 aliphatic heterocycles. The van der Waals surface area contributed by atoms with Crippen LogP contribution >= 0.6 is 0 Å². The third kappa shape index (κ3) is 6.58. The monoisotopic (exact) mass is 267 g/mol. The summed E-state index contributed by atoms with van der Waals surface area (Å²) in [6, 6.07) is 4.65. The van der Waals surface area contributed by atoms with Crippen LogP contribution in [0.5, 0.6) is 5.75 Å². The van der Waals surface area contributed by atoms with Crippen LogP contribution in [0.4, 0.5) is 4.39 Å². The molecule has 1 unspecified atom stereocenters. The molecule has 2 nitrogen and oxygen atoms in total. The molecule has 0 bridgehead atoms. The van der Waals surface area contributed by atoms with Crippen molar-refractivity contribution in [1.82, 2.24) is 5.32 Å². The van der Waals surface area contributed by atoms with E-state index in [1.54, 1.807) is 6.07 Å². The van der Waals surface area contributed by atoms with Gasteiger partial charge in [-0.2, -0.15) is 0 Å². The van der Waals surface area contributed by atoms with Crippen molar-refractivity contribution in [3.63, 3.8) is 0 Å². The lowest BCUT2D eigenvalue weighted by Gasteiger charge is -2.21. The summed E-state index contributed by atoms with van der Waals surface area (Å²) in [4.78, 5) is 0. The fourth-order valence-corrected chi connectivity index (χ4v) is 1.87. The van der Waals surface area contributed by atoms with Crippen LogP contribution in [-0.2, 0) is 0 Å². The molecular formula is C16H26FNO. The molecule has 0 amide bonds. The molecule has 19 heavy (non-hydrogen) atoms. The molecule has 0 aromatic heterocycles. The summed E-state index contributed by atoms with van der Waals surface area (Å²) in [5.74, 6) is 0.560. The van der Waals surface area contributed by atoms with E-state index in [9.17, 15) is 4.39 Å². The minimum Gasteiger partial charge on any atom is -0.490 e. The van der Waals surface area contributed by atoms with Gasteiger partial charge >= 0.3 is 0 Å². The molecule has 0 saturated carbocycles. The van der Waals surface area contributed by atoms with Gasteiger partial charge in [0, 0.05) is 5.54 Å². The van der Waals surface area contributed by atoms with Gasteiger partial charge in [-0.3, -0.25) is 0 Å². The lowest BCUT2D eigenvalue weighted by molar-refractivity contribution is 0.204. The van der Waals surface area contributed by atoms with E-state index in [1.807, 2.05) is 6.92 Å². The smallest absolute Gasteiger partial charge is 0.123 e. The van der Waals surface area contributed by atoms with Crippen molar-refractivity contribution in [3.05, 3.63) is 29.6 Å². The van der Waals surface area contributed by atoms with Crippen LogP contribution in [0.2, 0.25) is 0 Å². The predicted octanol–water partition coefficient (Wildman–Crippen LogP) is 4.07. The average molecular weight is 267 g/mol. The normalized spacial score (nSPS) is 13.4. The Morgan fingerprint density at radius 2 is 2.00 bits per heavy atom. The second-order valence-electron chi connectivity index (χ2n) is 6.16. The maximum Gasteiger partial charge on any atom is 0.123 e. The van der Waals surface area contributed by atoms with Gasteiger partial charge in [0.15, 0.2) is 0 Å². The van der Waals surface area contributed by atoms with Gasteiger partial charge in [-0.1, -0.05) is 0 Å². The van der Waals surface area contributed by atoms with Gasteiger partial charge in [-0.15, -0.1) is 0 Å². The van der Waals surface area contributed by atoms with Gasteiger partial charge in [-0.25, -0.2) is 4.39 Å². The molecular weight excluding hydrogens is 241 g/mol. The van der Waals surface area contributed by atoms with E-state index >= 15 is 0 Å². The zero-order chi connectivity index (χ0) is 14.5. The van der Waals surface area contributed by atoms with Gasteiger partial charge in [0.25, 0.3) is 0 Å². The number of hydrogen-bond donors (Lipinski definition) is 1. The van der Waals surface area contributed by atoms with E-state index in [0.717, 1.165) is 30.7 Å². The van der Waals surface area contributed by atoms with Crippen molar-refractivity contribution in [2.75, 3.05) is 6.54 Å². The average Bonchev–Trinajstić information content (AvgIpc) is 2.27. The zero-order valence-corrected chi connectivity index (χ0v) is 12.7. The molecule has 0 saturated heterocycles. The number of benzene rings is 1. The minimum absolute atomic E-state index is 0.144. The summed E-state index contributed by atoms with van der Waals surface area (Å²) in [6.45, 7) is 11.4. The SMILES string of the molecule is Cc1cc(F)ccc1OC(C)CCCNC(C)(C)C. The molecule has 1 aromatic rings. The quantitative estimate of drug-likeness (QED) is 0.784. The van der Waals surface area contributed by atoms with Crippen molar-refractivity contribution in [3.8, 4) is 5.75 Å². The van der Waals surface area contributed by atoms with Crippen LogP contribution in [0, 0.1) is 12.7 Å². The molecule has 1 aromatic carbocycles. The summed E-state index contributed by atoms with van der Waals surface area (Å²) in [5, 5.41) is 3.45. The first-order valence-corrected chi connectivity index (χ1v) is 6.96. The second kappa shape index (κ2) is 6.90. The van der Waals surface area contributed by atoms with Crippen molar-refractivity contribution in [2.45, 2.75) is 59.1 Å². The number of aryl methyl sites for hydroxylation is 1. The summed E-state index contributed by atoms with van der Waals surface area (Å²) in [6.07, 6.45) is 2.20. The topological polar surface area (TPSA) is 21.3 Å². The van der Waals surface area contributed by atoms with Crippen molar-refractivity contribution in [1.29, 1.82) is 0 Å². The molecule has 0 radical (unpaired) electrons. The van der Waals surface area contributed by atoms with E-state index < -0.39 is 0 Å². The van der Waals surface area contributed by atoms with Crippen LogP contribution < -0.4 is 10.1 Å². The number of rotatable bonds is 6. The Hall–Kier alpha value is -1.09. The third-order valence-electron chi connectivity index (χ3n) is 2.91. The Kier molecular flexibility index (Phi) is 5.80. The predicted molar refractivity (Wildman–Crippen MR) is 78.2 cm³/mol. The maximum absolute atomic E-state index is 13.0. The van der Waals surface area contributed by atoms with E-state index in [1.165, 1.54) is 12.1 Å². The number of nitrogens with one attached hydrogen (secondary N) is 1.